The molecule has 0 bridgehead atoms. The maximum Gasteiger partial charge on any atom is 0.0125 e. The number of likely N-dealkylation sites (tertiary alicyclic amines) is 6. The van der Waals surface area contributed by atoms with Crippen LogP contribution in [0.25, 0.3) is 0 Å². The fraction of sp³-hybridized carbons (Fsp3) is 1.00. The van der Waals surface area contributed by atoms with Crippen LogP contribution in [0.4, 0.5) is 0 Å². The van der Waals surface area contributed by atoms with Crippen molar-refractivity contribution in [3.63, 3.8) is 0 Å². The summed E-state index contributed by atoms with van der Waals surface area (Å²) in [5.74, 6) is 0. The molecule has 0 aromatic carbocycles. The Balaban J connectivity index is 0.000000469. The van der Waals surface area contributed by atoms with Crippen molar-refractivity contribution in [2.45, 2.75) is 312 Å². The van der Waals surface area contributed by atoms with E-state index >= 15 is 0 Å². The summed E-state index contributed by atoms with van der Waals surface area (Å²) in [5, 5.41) is 10.5. The molecular formula is C66H144N12. The minimum atomic E-state index is 0.333. The Labute approximate surface area is 490 Å². The molecule has 468 valence electrons. The lowest BCUT2D eigenvalue weighted by Gasteiger charge is -2.43. The fourth-order valence-corrected chi connectivity index (χ4v) is 12.3. The molecule has 0 aromatic rings. The van der Waals surface area contributed by atoms with Crippen LogP contribution in [0.3, 0.4) is 0 Å². The molecule has 0 saturated carbocycles. The van der Waals surface area contributed by atoms with Gasteiger partial charge in [-0.25, -0.2) is 0 Å². The highest BCUT2D eigenvalue weighted by Gasteiger charge is 2.32. The molecule has 12 nitrogen and oxygen atoms in total. The number of rotatable bonds is 9. The van der Waals surface area contributed by atoms with E-state index in [0.29, 0.717) is 45.3 Å². The lowest BCUT2D eigenvalue weighted by atomic mass is 9.97. The van der Waals surface area contributed by atoms with E-state index in [4.69, 9.17) is 5.73 Å². The molecule has 6 aliphatic heterocycles. The number of nitrogens with one attached hydrogen (secondary N) is 3. The van der Waals surface area contributed by atoms with Crippen LogP contribution < -0.4 is 21.7 Å². The molecule has 6 heterocycles. The van der Waals surface area contributed by atoms with Crippen LogP contribution in [0, 0.1) is 0 Å². The van der Waals surface area contributed by atoms with Crippen LogP contribution in [0.15, 0.2) is 0 Å². The molecule has 0 atom stereocenters. The first-order chi connectivity index (χ1) is 35.9. The molecule has 6 fully saturated rings. The average molecular weight is 1110 g/mol. The van der Waals surface area contributed by atoms with Crippen molar-refractivity contribution in [2.24, 2.45) is 5.73 Å². The largest absolute Gasteiger partial charge is 0.328 e. The summed E-state index contributed by atoms with van der Waals surface area (Å²) in [6, 6.07) is 4.98. The summed E-state index contributed by atoms with van der Waals surface area (Å²) in [6.45, 7) is 71.0. The van der Waals surface area contributed by atoms with E-state index in [9.17, 15) is 0 Å². The van der Waals surface area contributed by atoms with Gasteiger partial charge in [-0.1, -0.05) is 34.6 Å². The maximum atomic E-state index is 5.81. The van der Waals surface area contributed by atoms with E-state index in [1.807, 2.05) is 0 Å². The van der Waals surface area contributed by atoms with E-state index in [1.54, 1.807) is 0 Å². The van der Waals surface area contributed by atoms with E-state index in [0.717, 1.165) is 49.6 Å². The van der Waals surface area contributed by atoms with Crippen molar-refractivity contribution in [3.05, 3.63) is 0 Å². The summed E-state index contributed by atoms with van der Waals surface area (Å²) in [4.78, 5) is 20.4. The minimum absolute atomic E-state index is 0.333. The molecule has 0 amide bonds. The summed E-state index contributed by atoms with van der Waals surface area (Å²) in [6.07, 6.45) is 15.5. The number of nitrogens with zero attached hydrogens (tertiary/aromatic N) is 8. The zero-order chi connectivity index (χ0) is 59.9. The first-order valence-electron chi connectivity index (χ1n) is 32.7. The summed E-state index contributed by atoms with van der Waals surface area (Å²) in [7, 11) is 6.45. The predicted molar refractivity (Wildman–Crippen MR) is 348 cm³/mol. The van der Waals surface area contributed by atoms with Gasteiger partial charge in [0, 0.05) is 154 Å². The van der Waals surface area contributed by atoms with Gasteiger partial charge in [0.05, 0.1) is 0 Å². The van der Waals surface area contributed by atoms with E-state index in [1.165, 1.54) is 156 Å². The molecule has 0 aromatic heterocycles. The monoisotopic (exact) mass is 1110 g/mol. The number of hydrogen-bond acceptors (Lipinski definition) is 12. The third-order valence-corrected chi connectivity index (χ3v) is 18.2. The SMILES string of the molecule is CC(C)(C)N1CCC(N)CC1.CC(C)NC1CCN(C(C)(C)C)CC1.CCN(CC)C1CCN(C(C)(C)C)CC1.CCNC1CCN(C(C)(C)C)CC1.CN(C)C1CCN(C(C)(C)C)CC1.CNC1CCN(C(C)(C)C)CC1. The Kier molecular flexibility index (Phi) is 34.6. The van der Waals surface area contributed by atoms with E-state index in [2.05, 4.69) is 236 Å². The Morgan fingerprint density at radius 2 is 0.654 bits per heavy atom. The third-order valence-electron chi connectivity index (χ3n) is 18.2. The Hall–Kier alpha value is -0.480. The average Bonchev–Trinajstić information content (AvgIpc) is 3.34. The van der Waals surface area contributed by atoms with E-state index < -0.39 is 0 Å². The van der Waals surface area contributed by atoms with Gasteiger partial charge >= 0.3 is 0 Å². The topological polar surface area (TPSA) is 88.0 Å². The molecule has 12 heteroatoms. The van der Waals surface area contributed by atoms with Crippen molar-refractivity contribution in [2.75, 3.05) is 119 Å². The standard InChI is InChI=1S/C13H28N2.C12H26N2.2C11H24N2.C10H22N2.C9H20N2/c1-6-14(7-2)12-8-10-15(11-9-12)13(3,4)5;1-10(2)13-11-6-8-14(9-7-11)12(3,4)5;1-11(2,3)13-8-6-10(7-9-13)12(4)5;1-5-12-10-6-8-13(9-7-10)11(2,3)4;1-10(2,3)12-7-5-9(11-4)6-8-12;1-9(2,3)11-6-4-8(10)5-7-11/h12H,6-11H2,1-5H3;10-11,13H,6-9H2,1-5H3;10H,6-9H2,1-5H3;10,12H,5-9H2,1-4H3;9,11H,5-8H2,1-4H3;8H,4-7,10H2,1-3H3. The molecule has 6 saturated heterocycles. The van der Waals surface area contributed by atoms with Crippen molar-refractivity contribution in [1.82, 2.24) is 55.1 Å². The molecular weight excluding hydrogens is 961 g/mol. The third kappa shape index (κ3) is 30.9. The molecule has 0 aliphatic carbocycles. The smallest absolute Gasteiger partial charge is 0.0125 e. The van der Waals surface area contributed by atoms with Crippen molar-refractivity contribution in [1.29, 1.82) is 0 Å². The van der Waals surface area contributed by atoms with E-state index in [-0.39, 0.29) is 0 Å². The Morgan fingerprint density at radius 1 is 0.397 bits per heavy atom. The predicted octanol–water partition coefficient (Wildman–Crippen LogP) is 11.2. The zero-order valence-corrected chi connectivity index (χ0v) is 57.8. The van der Waals surface area contributed by atoms with Gasteiger partial charge in [0.1, 0.15) is 0 Å². The van der Waals surface area contributed by atoms with Gasteiger partial charge in [-0.05, 0) is 242 Å². The highest BCUT2D eigenvalue weighted by molar-refractivity contribution is 4.89. The molecule has 0 unspecified atom stereocenters. The van der Waals surface area contributed by atoms with Crippen molar-refractivity contribution < 1.29 is 0 Å². The van der Waals surface area contributed by atoms with Crippen molar-refractivity contribution in [3.8, 4) is 0 Å². The van der Waals surface area contributed by atoms with Gasteiger partial charge in [0.25, 0.3) is 0 Å². The molecule has 5 N–H and O–H groups in total. The normalized spacial score (nSPS) is 22.4. The summed E-state index contributed by atoms with van der Waals surface area (Å²) in [5.41, 5.74) is 7.93. The second kappa shape index (κ2) is 35.7. The molecule has 6 rings (SSSR count). The van der Waals surface area contributed by atoms with Gasteiger partial charge < -0.3 is 31.5 Å². The van der Waals surface area contributed by atoms with Crippen molar-refractivity contribution >= 4 is 0 Å². The Morgan fingerprint density at radius 3 is 0.897 bits per heavy atom. The van der Waals surface area contributed by atoms with Crippen LogP contribution in [-0.2, 0) is 0 Å². The highest BCUT2D eigenvalue weighted by atomic mass is 15.2. The van der Waals surface area contributed by atoms with Crippen LogP contribution >= 0.6 is 0 Å². The molecule has 0 spiro atoms. The van der Waals surface area contributed by atoms with Crippen LogP contribution in [0.5, 0.6) is 0 Å². The summed E-state index contributed by atoms with van der Waals surface area (Å²) >= 11 is 0. The van der Waals surface area contributed by atoms with Crippen LogP contribution in [0.2, 0.25) is 0 Å². The second-order valence-electron chi connectivity index (χ2n) is 30.9. The molecule has 78 heavy (non-hydrogen) atoms. The second-order valence-corrected chi connectivity index (χ2v) is 30.9. The lowest BCUT2D eigenvalue weighted by Crippen LogP contribution is -2.50. The Bertz CT molecular complexity index is 1440. The van der Waals surface area contributed by atoms with Gasteiger partial charge in [0.2, 0.25) is 0 Å². The lowest BCUT2D eigenvalue weighted by molar-refractivity contribution is 0.0602. The number of piperidine rings is 6. The van der Waals surface area contributed by atoms with Gasteiger partial charge in [-0.3, -0.25) is 29.4 Å². The zero-order valence-electron chi connectivity index (χ0n) is 57.8. The molecule has 0 radical (unpaired) electrons. The highest BCUT2D eigenvalue weighted by Crippen LogP contribution is 2.26. The number of hydrogen-bond donors (Lipinski definition) is 4. The van der Waals surface area contributed by atoms with Crippen LogP contribution in [0.1, 0.15) is 236 Å². The van der Waals surface area contributed by atoms with Gasteiger partial charge in [-0.2, -0.15) is 0 Å². The fourth-order valence-electron chi connectivity index (χ4n) is 12.3. The molecule has 6 aliphatic rings. The van der Waals surface area contributed by atoms with Gasteiger partial charge in [-0.15, -0.1) is 0 Å². The minimum Gasteiger partial charge on any atom is -0.328 e. The summed E-state index contributed by atoms with van der Waals surface area (Å²) < 4.78 is 0. The first kappa shape index (κ1) is 75.5. The van der Waals surface area contributed by atoms with Gasteiger partial charge in [0.15, 0.2) is 0 Å². The maximum absolute atomic E-state index is 5.81. The van der Waals surface area contributed by atoms with Crippen LogP contribution in [-0.4, -0.2) is 234 Å². The number of nitrogens with two attached hydrogens (primary N) is 1. The first-order valence-corrected chi connectivity index (χ1v) is 32.7. The quantitative estimate of drug-likeness (QED) is 0.177.